The third kappa shape index (κ3) is 2.17. The SMILES string of the molecule is C=Nc1ccc(-c2ccccc2)cc1SC. The van der Waals surface area contributed by atoms with Crippen molar-refractivity contribution in [1.29, 1.82) is 0 Å². The summed E-state index contributed by atoms with van der Waals surface area (Å²) in [4.78, 5) is 5.17. The Morgan fingerprint density at radius 1 is 1.00 bits per heavy atom. The van der Waals surface area contributed by atoms with Gasteiger partial charge in [0.15, 0.2) is 0 Å². The van der Waals surface area contributed by atoms with Gasteiger partial charge in [0.1, 0.15) is 0 Å². The van der Waals surface area contributed by atoms with E-state index in [4.69, 9.17) is 0 Å². The molecule has 0 heterocycles. The molecule has 0 atom stereocenters. The molecule has 0 aliphatic heterocycles. The second-order valence-electron chi connectivity index (χ2n) is 3.41. The standard InChI is InChI=1S/C14H13NS/c1-15-13-9-8-12(10-14(13)16-2)11-6-4-3-5-7-11/h3-10H,1H2,2H3. The number of nitrogens with zero attached hydrogens (tertiary/aromatic N) is 1. The van der Waals surface area contributed by atoms with Crippen LogP contribution in [0.5, 0.6) is 0 Å². The predicted molar refractivity (Wildman–Crippen MR) is 72.9 cm³/mol. The maximum Gasteiger partial charge on any atom is 0.0758 e. The molecule has 0 aliphatic rings. The van der Waals surface area contributed by atoms with Crippen LogP contribution in [0, 0.1) is 0 Å². The molecule has 0 spiro atoms. The van der Waals surface area contributed by atoms with Crippen LogP contribution in [0.25, 0.3) is 11.1 Å². The summed E-state index contributed by atoms with van der Waals surface area (Å²) in [6, 6.07) is 16.6. The van der Waals surface area contributed by atoms with Crippen molar-refractivity contribution in [1.82, 2.24) is 0 Å². The van der Waals surface area contributed by atoms with E-state index in [0.29, 0.717) is 0 Å². The smallest absolute Gasteiger partial charge is 0.0758 e. The van der Waals surface area contributed by atoms with Gasteiger partial charge in [0.05, 0.1) is 5.69 Å². The van der Waals surface area contributed by atoms with Gasteiger partial charge in [0, 0.05) is 4.90 Å². The molecule has 1 nitrogen and oxygen atoms in total. The van der Waals surface area contributed by atoms with Gasteiger partial charge in [0.25, 0.3) is 0 Å². The molecule has 0 fully saturated rings. The summed E-state index contributed by atoms with van der Waals surface area (Å²) in [6.07, 6.45) is 2.05. The van der Waals surface area contributed by atoms with Crippen molar-refractivity contribution in [3.8, 4) is 11.1 Å². The van der Waals surface area contributed by atoms with Gasteiger partial charge in [-0.2, -0.15) is 0 Å². The van der Waals surface area contributed by atoms with Crippen LogP contribution in [-0.2, 0) is 0 Å². The largest absolute Gasteiger partial charge is 0.263 e. The van der Waals surface area contributed by atoms with Crippen LogP contribution < -0.4 is 0 Å². The number of thioether (sulfide) groups is 1. The maximum atomic E-state index is 4.01. The van der Waals surface area contributed by atoms with E-state index in [0.717, 1.165) is 10.6 Å². The number of rotatable bonds is 3. The predicted octanol–water partition coefficient (Wildman–Crippen LogP) is 4.41. The lowest BCUT2D eigenvalue weighted by molar-refractivity contribution is 1.39. The lowest BCUT2D eigenvalue weighted by Gasteiger charge is -2.06. The molecule has 0 N–H and O–H groups in total. The normalized spacial score (nSPS) is 10.1. The van der Waals surface area contributed by atoms with Gasteiger partial charge in [-0.3, -0.25) is 4.99 Å². The Morgan fingerprint density at radius 3 is 2.38 bits per heavy atom. The van der Waals surface area contributed by atoms with Crippen LogP contribution in [0.4, 0.5) is 5.69 Å². The third-order valence-electron chi connectivity index (χ3n) is 2.46. The molecular weight excluding hydrogens is 214 g/mol. The van der Waals surface area contributed by atoms with Gasteiger partial charge in [-0.15, -0.1) is 11.8 Å². The molecule has 0 unspecified atom stereocenters. The molecular formula is C14H13NS. The van der Waals surface area contributed by atoms with Crippen molar-refractivity contribution in [2.45, 2.75) is 4.90 Å². The zero-order valence-electron chi connectivity index (χ0n) is 9.18. The maximum absolute atomic E-state index is 4.01. The Hall–Kier alpha value is -1.54. The highest BCUT2D eigenvalue weighted by Crippen LogP contribution is 2.32. The van der Waals surface area contributed by atoms with Crippen molar-refractivity contribution >= 4 is 24.2 Å². The van der Waals surface area contributed by atoms with Gasteiger partial charge in [-0.1, -0.05) is 36.4 Å². The Labute approximate surface area is 100 Å². The van der Waals surface area contributed by atoms with Gasteiger partial charge in [-0.05, 0) is 36.2 Å². The highest BCUT2D eigenvalue weighted by Gasteiger charge is 2.02. The molecule has 80 valence electrons. The number of aliphatic imine (C=N–C) groups is 1. The fraction of sp³-hybridized carbons (Fsp3) is 0.0714. The zero-order chi connectivity index (χ0) is 11.4. The Kier molecular flexibility index (Phi) is 3.42. The van der Waals surface area contributed by atoms with E-state index in [1.807, 2.05) is 24.3 Å². The molecule has 0 saturated heterocycles. The van der Waals surface area contributed by atoms with Gasteiger partial charge in [0.2, 0.25) is 0 Å². The summed E-state index contributed by atoms with van der Waals surface area (Å²) in [6.45, 7) is 3.58. The average molecular weight is 227 g/mol. The molecule has 0 aliphatic carbocycles. The van der Waals surface area contributed by atoms with Crippen LogP contribution in [0.15, 0.2) is 58.4 Å². The first-order chi connectivity index (χ1) is 7.85. The summed E-state index contributed by atoms with van der Waals surface area (Å²) in [7, 11) is 0. The summed E-state index contributed by atoms with van der Waals surface area (Å²) in [5.41, 5.74) is 3.40. The molecule has 2 rings (SSSR count). The lowest BCUT2D eigenvalue weighted by atomic mass is 10.1. The Balaban J connectivity index is 2.48. The van der Waals surface area contributed by atoms with E-state index >= 15 is 0 Å². The van der Waals surface area contributed by atoms with Crippen molar-refractivity contribution in [3.63, 3.8) is 0 Å². The second kappa shape index (κ2) is 4.99. The van der Waals surface area contributed by atoms with E-state index in [-0.39, 0.29) is 0 Å². The van der Waals surface area contributed by atoms with Crippen LogP contribution in [-0.4, -0.2) is 13.0 Å². The highest BCUT2D eigenvalue weighted by molar-refractivity contribution is 7.98. The topological polar surface area (TPSA) is 12.4 Å². The highest BCUT2D eigenvalue weighted by atomic mass is 32.2. The molecule has 2 aromatic rings. The summed E-state index contributed by atoms with van der Waals surface area (Å²) >= 11 is 1.70. The Morgan fingerprint density at radius 2 is 1.75 bits per heavy atom. The van der Waals surface area contributed by atoms with E-state index < -0.39 is 0 Å². The molecule has 0 amide bonds. The van der Waals surface area contributed by atoms with Crippen molar-refractivity contribution in [2.24, 2.45) is 4.99 Å². The Bertz CT molecular complexity index is 491. The number of benzene rings is 2. The quantitative estimate of drug-likeness (QED) is 0.559. The summed E-state index contributed by atoms with van der Waals surface area (Å²) in [5.74, 6) is 0. The fourth-order valence-corrected chi connectivity index (χ4v) is 2.20. The van der Waals surface area contributed by atoms with Crippen molar-refractivity contribution in [2.75, 3.05) is 6.26 Å². The summed E-state index contributed by atoms with van der Waals surface area (Å²) in [5, 5.41) is 0. The first-order valence-electron chi connectivity index (χ1n) is 5.05. The monoisotopic (exact) mass is 227 g/mol. The van der Waals surface area contributed by atoms with Crippen LogP contribution >= 0.6 is 11.8 Å². The minimum atomic E-state index is 0.951. The molecule has 0 saturated carbocycles. The number of hydrogen-bond donors (Lipinski definition) is 0. The van der Waals surface area contributed by atoms with E-state index in [1.54, 1.807) is 11.8 Å². The van der Waals surface area contributed by atoms with Crippen LogP contribution in [0.3, 0.4) is 0 Å². The lowest BCUT2D eigenvalue weighted by Crippen LogP contribution is -1.79. The molecule has 0 bridgehead atoms. The zero-order valence-corrected chi connectivity index (χ0v) is 10.00. The molecule has 0 aromatic heterocycles. The van der Waals surface area contributed by atoms with Crippen molar-refractivity contribution < 1.29 is 0 Å². The minimum absolute atomic E-state index is 0.951. The molecule has 2 aromatic carbocycles. The summed E-state index contributed by atoms with van der Waals surface area (Å²) < 4.78 is 0. The molecule has 0 radical (unpaired) electrons. The number of hydrogen-bond acceptors (Lipinski definition) is 2. The van der Waals surface area contributed by atoms with E-state index in [1.165, 1.54) is 11.1 Å². The fourth-order valence-electron chi connectivity index (χ4n) is 1.62. The van der Waals surface area contributed by atoms with Crippen LogP contribution in [0.1, 0.15) is 0 Å². The first kappa shape index (κ1) is 11.0. The van der Waals surface area contributed by atoms with Gasteiger partial charge >= 0.3 is 0 Å². The van der Waals surface area contributed by atoms with Crippen LogP contribution in [0.2, 0.25) is 0 Å². The third-order valence-corrected chi connectivity index (χ3v) is 3.22. The first-order valence-corrected chi connectivity index (χ1v) is 6.28. The van der Waals surface area contributed by atoms with Gasteiger partial charge in [-0.25, -0.2) is 0 Å². The molecule has 16 heavy (non-hydrogen) atoms. The average Bonchev–Trinajstić information content (AvgIpc) is 2.39. The van der Waals surface area contributed by atoms with E-state index in [9.17, 15) is 0 Å². The minimum Gasteiger partial charge on any atom is -0.263 e. The molecule has 2 heteroatoms. The van der Waals surface area contributed by atoms with Gasteiger partial charge < -0.3 is 0 Å². The van der Waals surface area contributed by atoms with Crippen molar-refractivity contribution in [3.05, 3.63) is 48.5 Å². The van der Waals surface area contributed by atoms with E-state index in [2.05, 4.69) is 42.2 Å². The second-order valence-corrected chi connectivity index (χ2v) is 4.26.